The molecule has 0 spiro atoms. The molecule has 3 aliphatic rings. The monoisotopic (exact) mass is 435 g/mol. The molecule has 2 aromatic rings. The highest BCUT2D eigenvalue weighted by molar-refractivity contribution is 7.22. The van der Waals surface area contributed by atoms with Crippen molar-refractivity contribution >= 4 is 38.3 Å². The zero-order valence-electron chi connectivity index (χ0n) is 16.3. The molecule has 10 heteroatoms. The number of carbonyl (C=O) groups excluding carboxylic acids is 1. The number of thiazole rings is 1. The third-order valence-corrected chi connectivity index (χ3v) is 7.01. The fourth-order valence-corrected chi connectivity index (χ4v) is 5.36. The highest BCUT2D eigenvalue weighted by Gasteiger charge is 2.49. The molecule has 1 amide bonds. The topological polar surface area (TPSA) is 52.0 Å². The minimum absolute atomic E-state index is 0.143. The minimum atomic E-state index is -4.73. The second-order valence-corrected chi connectivity index (χ2v) is 8.80. The first-order chi connectivity index (χ1) is 14.3. The molecule has 2 saturated heterocycles. The third-order valence-electron chi connectivity index (χ3n) is 6.00. The highest BCUT2D eigenvalue weighted by atomic mass is 32.1. The molecule has 1 aromatic heterocycles. The van der Waals surface area contributed by atoms with Gasteiger partial charge in [-0.15, -0.1) is 0 Å². The summed E-state index contributed by atoms with van der Waals surface area (Å²) in [6, 6.07) is 7.67. The Bertz CT molecular complexity index is 1040. The summed E-state index contributed by atoms with van der Waals surface area (Å²) < 4.78 is 42.3. The van der Waals surface area contributed by atoms with Gasteiger partial charge in [0.25, 0.3) is 5.91 Å². The number of hydrazone groups is 1. The molecule has 6 nitrogen and oxygen atoms in total. The smallest absolute Gasteiger partial charge is 0.361 e. The molecule has 0 aliphatic carbocycles. The first kappa shape index (κ1) is 19.5. The first-order valence-corrected chi connectivity index (χ1v) is 10.7. The lowest BCUT2D eigenvalue weighted by atomic mass is 10.1. The van der Waals surface area contributed by atoms with Crippen LogP contribution in [0.4, 0.5) is 18.3 Å². The third kappa shape index (κ3) is 3.18. The van der Waals surface area contributed by atoms with Crippen LogP contribution < -0.4 is 5.01 Å². The molecular formula is C20H20F3N5OS. The van der Waals surface area contributed by atoms with Gasteiger partial charge in [0.15, 0.2) is 5.71 Å². The SMILES string of the molecule is C/C(=C1\C(=O)N(c2nc3ccccc3s2)N=C1C(F)(F)F)N1CCC2CCCN2C1. The van der Waals surface area contributed by atoms with Crippen LogP contribution in [0.5, 0.6) is 0 Å². The number of anilines is 1. The van der Waals surface area contributed by atoms with Gasteiger partial charge in [0, 0.05) is 24.8 Å². The Hall–Kier alpha value is -2.46. The number of benzene rings is 1. The highest BCUT2D eigenvalue weighted by Crippen LogP contribution is 2.37. The molecule has 0 saturated carbocycles. The minimum Gasteiger partial charge on any atom is -0.361 e. The molecule has 0 N–H and O–H groups in total. The van der Waals surface area contributed by atoms with Crippen molar-refractivity contribution in [2.24, 2.45) is 5.10 Å². The standard InChI is InChI=1S/C20H20F3N5OS/c1-12(26-10-8-13-5-4-9-27(13)11-26)16-17(20(21,22)23)25-28(18(16)29)19-24-14-6-2-3-7-15(14)30-19/h2-3,6-7,13H,4-5,8-11H2,1H3/b16-12+. The first-order valence-electron chi connectivity index (χ1n) is 9.89. The number of hydrogen-bond donors (Lipinski definition) is 0. The Morgan fingerprint density at radius 1 is 1.20 bits per heavy atom. The van der Waals surface area contributed by atoms with Crippen LogP contribution in [0.15, 0.2) is 40.6 Å². The molecule has 2 fully saturated rings. The van der Waals surface area contributed by atoms with Crippen molar-refractivity contribution in [3.8, 4) is 0 Å². The van der Waals surface area contributed by atoms with Gasteiger partial charge in [0.1, 0.15) is 0 Å². The lowest BCUT2D eigenvalue weighted by molar-refractivity contribution is -0.114. The van der Waals surface area contributed by atoms with Crippen molar-refractivity contribution in [3.05, 3.63) is 35.5 Å². The number of para-hydroxylation sites is 1. The molecule has 158 valence electrons. The molecule has 0 radical (unpaired) electrons. The van der Waals surface area contributed by atoms with Crippen molar-refractivity contribution in [2.45, 2.75) is 38.4 Å². The van der Waals surface area contributed by atoms with Crippen LogP contribution in [-0.2, 0) is 4.79 Å². The summed E-state index contributed by atoms with van der Waals surface area (Å²) in [4.78, 5) is 21.6. The van der Waals surface area contributed by atoms with E-state index in [1.165, 1.54) is 0 Å². The van der Waals surface area contributed by atoms with E-state index in [1.54, 1.807) is 19.1 Å². The van der Waals surface area contributed by atoms with E-state index in [-0.39, 0.29) is 10.7 Å². The van der Waals surface area contributed by atoms with Crippen LogP contribution in [0.3, 0.4) is 0 Å². The number of alkyl halides is 3. The van der Waals surface area contributed by atoms with Gasteiger partial charge in [-0.1, -0.05) is 23.5 Å². The Balaban J connectivity index is 1.53. The van der Waals surface area contributed by atoms with Gasteiger partial charge in [-0.2, -0.15) is 23.3 Å². The molecule has 30 heavy (non-hydrogen) atoms. The number of fused-ring (bicyclic) bond motifs is 2. The van der Waals surface area contributed by atoms with E-state index in [0.29, 0.717) is 30.5 Å². The molecule has 1 unspecified atom stereocenters. The van der Waals surface area contributed by atoms with Crippen LogP contribution >= 0.6 is 11.3 Å². The summed E-state index contributed by atoms with van der Waals surface area (Å²) in [5.41, 5.74) is -0.573. The predicted octanol–water partition coefficient (Wildman–Crippen LogP) is 3.96. The van der Waals surface area contributed by atoms with Gasteiger partial charge in [-0.05, 0) is 38.3 Å². The Kier molecular flexibility index (Phi) is 4.59. The lowest BCUT2D eigenvalue weighted by Crippen LogP contribution is -2.47. The van der Waals surface area contributed by atoms with Gasteiger partial charge in [0.05, 0.1) is 22.5 Å². The Labute approximate surface area is 175 Å². The number of hydrogen-bond acceptors (Lipinski definition) is 6. The van der Waals surface area contributed by atoms with E-state index in [2.05, 4.69) is 15.0 Å². The van der Waals surface area contributed by atoms with Gasteiger partial charge < -0.3 is 4.90 Å². The zero-order valence-corrected chi connectivity index (χ0v) is 17.1. The van der Waals surface area contributed by atoms with Gasteiger partial charge in [-0.3, -0.25) is 9.69 Å². The van der Waals surface area contributed by atoms with Crippen LogP contribution in [0, 0.1) is 0 Å². The van der Waals surface area contributed by atoms with Crippen molar-refractivity contribution in [1.82, 2.24) is 14.8 Å². The second kappa shape index (κ2) is 7.05. The number of aromatic nitrogens is 1. The largest absolute Gasteiger partial charge is 0.436 e. The van der Waals surface area contributed by atoms with Crippen LogP contribution in [0.2, 0.25) is 0 Å². The molecular weight excluding hydrogens is 415 g/mol. The Morgan fingerprint density at radius 2 is 2.00 bits per heavy atom. The second-order valence-electron chi connectivity index (χ2n) is 7.79. The van der Waals surface area contributed by atoms with Crippen molar-refractivity contribution in [2.75, 3.05) is 24.8 Å². The summed E-state index contributed by atoms with van der Waals surface area (Å²) in [5.74, 6) is -0.776. The van der Waals surface area contributed by atoms with Crippen molar-refractivity contribution in [1.29, 1.82) is 0 Å². The number of nitrogens with zero attached hydrogens (tertiary/aromatic N) is 5. The molecule has 5 rings (SSSR count). The summed E-state index contributed by atoms with van der Waals surface area (Å²) in [7, 11) is 0. The Morgan fingerprint density at radius 3 is 2.77 bits per heavy atom. The number of carbonyl (C=O) groups is 1. The van der Waals surface area contributed by atoms with E-state index in [0.717, 1.165) is 46.9 Å². The molecule has 4 heterocycles. The van der Waals surface area contributed by atoms with Crippen molar-refractivity contribution in [3.63, 3.8) is 0 Å². The molecule has 1 atom stereocenters. The van der Waals surface area contributed by atoms with Crippen LogP contribution in [-0.4, -0.2) is 58.4 Å². The summed E-state index contributed by atoms with van der Waals surface area (Å²) in [6.45, 7) is 3.71. The maximum atomic E-state index is 13.8. The maximum absolute atomic E-state index is 13.8. The van der Waals surface area contributed by atoms with E-state index in [4.69, 9.17) is 0 Å². The number of halogens is 3. The summed E-state index contributed by atoms with van der Waals surface area (Å²) in [6.07, 6.45) is -1.61. The summed E-state index contributed by atoms with van der Waals surface area (Å²) >= 11 is 1.15. The summed E-state index contributed by atoms with van der Waals surface area (Å²) in [5, 5.41) is 4.64. The fourth-order valence-electron chi connectivity index (χ4n) is 4.44. The molecule has 0 bridgehead atoms. The zero-order chi connectivity index (χ0) is 21.0. The quantitative estimate of drug-likeness (QED) is 0.670. The normalized spacial score (nSPS) is 24.6. The average Bonchev–Trinajstić information content (AvgIpc) is 3.42. The number of amides is 1. The molecule has 3 aliphatic heterocycles. The lowest BCUT2D eigenvalue weighted by Gasteiger charge is -2.39. The maximum Gasteiger partial charge on any atom is 0.436 e. The van der Waals surface area contributed by atoms with E-state index in [9.17, 15) is 18.0 Å². The van der Waals surface area contributed by atoms with Crippen molar-refractivity contribution < 1.29 is 18.0 Å². The van der Waals surface area contributed by atoms with Gasteiger partial charge >= 0.3 is 6.18 Å². The predicted molar refractivity (Wildman–Crippen MR) is 109 cm³/mol. The molecule has 1 aromatic carbocycles. The van der Waals surface area contributed by atoms with Crippen LogP contribution in [0.1, 0.15) is 26.2 Å². The fraction of sp³-hybridized carbons (Fsp3) is 0.450. The van der Waals surface area contributed by atoms with E-state index >= 15 is 0 Å². The van der Waals surface area contributed by atoms with E-state index in [1.807, 2.05) is 17.0 Å². The van der Waals surface area contributed by atoms with Crippen LogP contribution in [0.25, 0.3) is 10.2 Å². The number of rotatable bonds is 2. The van der Waals surface area contributed by atoms with Gasteiger partial charge in [0.2, 0.25) is 5.13 Å². The average molecular weight is 435 g/mol. The van der Waals surface area contributed by atoms with Gasteiger partial charge in [-0.25, -0.2) is 4.98 Å². The number of allylic oxidation sites excluding steroid dienone is 1. The van der Waals surface area contributed by atoms with E-state index < -0.39 is 17.8 Å².